The van der Waals surface area contributed by atoms with Crippen molar-refractivity contribution < 1.29 is 14.3 Å². The molecule has 1 saturated carbocycles. The first-order chi connectivity index (χ1) is 4.84. The fraction of sp³-hybridized carbons (Fsp3) is 0.857. The monoisotopic (exact) mass is 144 g/mol. The summed E-state index contributed by atoms with van der Waals surface area (Å²) in [6.45, 7) is 0.893. The minimum Gasteiger partial charge on any atom is -0.463 e. The molecule has 0 aromatic rings. The second-order valence-electron chi connectivity index (χ2n) is 2.43. The first kappa shape index (κ1) is 7.54. The Labute approximate surface area is 60.3 Å². The highest BCUT2D eigenvalue weighted by Gasteiger charge is 2.30. The molecule has 0 unspecified atom stereocenters. The molecule has 0 atom stereocenters. The predicted molar refractivity (Wildman–Crippen MR) is 35.6 cm³/mol. The van der Waals surface area contributed by atoms with E-state index in [1.54, 1.807) is 7.11 Å². The topological polar surface area (TPSA) is 35.5 Å². The lowest BCUT2D eigenvalue weighted by Gasteiger charge is -2.00. The van der Waals surface area contributed by atoms with Gasteiger partial charge in [-0.25, -0.2) is 0 Å². The van der Waals surface area contributed by atoms with E-state index < -0.39 is 0 Å². The van der Waals surface area contributed by atoms with E-state index in [0.717, 1.165) is 12.8 Å². The maximum atomic E-state index is 10.8. The summed E-state index contributed by atoms with van der Waals surface area (Å²) in [5, 5.41) is 0. The Morgan fingerprint density at radius 1 is 1.50 bits per heavy atom. The Morgan fingerprint density at radius 3 is 2.70 bits per heavy atom. The van der Waals surface area contributed by atoms with Crippen molar-refractivity contribution in [1.29, 1.82) is 0 Å². The summed E-state index contributed by atoms with van der Waals surface area (Å²) in [6, 6.07) is 0. The van der Waals surface area contributed by atoms with Gasteiger partial charge in [0, 0.05) is 7.11 Å². The van der Waals surface area contributed by atoms with E-state index in [-0.39, 0.29) is 11.9 Å². The van der Waals surface area contributed by atoms with Gasteiger partial charge in [0.15, 0.2) is 0 Å². The summed E-state index contributed by atoms with van der Waals surface area (Å²) in [7, 11) is 1.59. The Kier molecular flexibility index (Phi) is 2.68. The Bertz CT molecular complexity index is 118. The SMILES string of the molecule is COCCOC(=O)C1CC1. The molecule has 1 aliphatic carbocycles. The van der Waals surface area contributed by atoms with E-state index in [1.807, 2.05) is 0 Å². The summed E-state index contributed by atoms with van der Waals surface area (Å²) < 4.78 is 9.56. The highest BCUT2D eigenvalue weighted by atomic mass is 16.6. The van der Waals surface area contributed by atoms with Gasteiger partial charge in [-0.05, 0) is 12.8 Å². The first-order valence-electron chi connectivity index (χ1n) is 3.50. The van der Waals surface area contributed by atoms with Crippen molar-refractivity contribution in [1.82, 2.24) is 0 Å². The van der Waals surface area contributed by atoms with Crippen LogP contribution in [0.25, 0.3) is 0 Å². The fourth-order valence-corrected chi connectivity index (χ4v) is 0.662. The van der Waals surface area contributed by atoms with E-state index in [2.05, 4.69) is 0 Å². The molecular formula is C7H12O3. The third kappa shape index (κ3) is 2.35. The largest absolute Gasteiger partial charge is 0.463 e. The molecule has 0 aromatic heterocycles. The third-order valence-corrected chi connectivity index (χ3v) is 1.44. The standard InChI is InChI=1S/C7H12O3/c1-9-4-5-10-7(8)6-2-3-6/h6H,2-5H2,1H3. The van der Waals surface area contributed by atoms with Gasteiger partial charge in [-0.15, -0.1) is 0 Å². The normalized spacial score (nSPS) is 16.9. The average molecular weight is 144 g/mol. The van der Waals surface area contributed by atoms with Gasteiger partial charge in [-0.2, -0.15) is 0 Å². The molecule has 1 aliphatic rings. The Hall–Kier alpha value is -0.570. The molecule has 0 heterocycles. The van der Waals surface area contributed by atoms with E-state index in [0.29, 0.717) is 13.2 Å². The van der Waals surface area contributed by atoms with Crippen LogP contribution in [0.2, 0.25) is 0 Å². The number of rotatable bonds is 4. The summed E-state index contributed by atoms with van der Waals surface area (Å²) in [5.74, 6) is 0.147. The second-order valence-corrected chi connectivity index (χ2v) is 2.43. The molecule has 10 heavy (non-hydrogen) atoms. The third-order valence-electron chi connectivity index (χ3n) is 1.44. The maximum absolute atomic E-state index is 10.8. The van der Waals surface area contributed by atoms with Gasteiger partial charge in [0.2, 0.25) is 0 Å². The molecule has 0 aliphatic heterocycles. The van der Waals surface area contributed by atoms with Gasteiger partial charge in [-0.1, -0.05) is 0 Å². The van der Waals surface area contributed by atoms with Crippen LogP contribution in [0.5, 0.6) is 0 Å². The van der Waals surface area contributed by atoms with Crippen molar-refractivity contribution in [2.24, 2.45) is 5.92 Å². The van der Waals surface area contributed by atoms with Crippen LogP contribution in [0.1, 0.15) is 12.8 Å². The van der Waals surface area contributed by atoms with Crippen molar-refractivity contribution in [3.8, 4) is 0 Å². The van der Waals surface area contributed by atoms with Crippen LogP contribution in [0, 0.1) is 5.92 Å². The summed E-state index contributed by atoms with van der Waals surface area (Å²) >= 11 is 0. The van der Waals surface area contributed by atoms with Crippen molar-refractivity contribution >= 4 is 5.97 Å². The molecule has 58 valence electrons. The Morgan fingerprint density at radius 2 is 2.20 bits per heavy atom. The van der Waals surface area contributed by atoms with Gasteiger partial charge in [0.1, 0.15) is 6.61 Å². The van der Waals surface area contributed by atoms with Gasteiger partial charge in [-0.3, -0.25) is 4.79 Å². The van der Waals surface area contributed by atoms with E-state index in [4.69, 9.17) is 9.47 Å². The van der Waals surface area contributed by atoms with Crippen LogP contribution in [0.3, 0.4) is 0 Å². The summed E-state index contributed by atoms with van der Waals surface area (Å²) in [6.07, 6.45) is 2.01. The van der Waals surface area contributed by atoms with Crippen LogP contribution in [-0.2, 0) is 14.3 Å². The number of hydrogen-bond acceptors (Lipinski definition) is 3. The van der Waals surface area contributed by atoms with E-state index >= 15 is 0 Å². The van der Waals surface area contributed by atoms with Crippen LogP contribution < -0.4 is 0 Å². The van der Waals surface area contributed by atoms with Crippen LogP contribution >= 0.6 is 0 Å². The molecule has 3 nitrogen and oxygen atoms in total. The zero-order valence-electron chi connectivity index (χ0n) is 6.13. The summed E-state index contributed by atoms with van der Waals surface area (Å²) in [4.78, 5) is 10.8. The van der Waals surface area contributed by atoms with Gasteiger partial charge >= 0.3 is 5.97 Å². The molecule has 0 saturated heterocycles. The number of carbonyl (C=O) groups is 1. The smallest absolute Gasteiger partial charge is 0.309 e. The van der Waals surface area contributed by atoms with Gasteiger partial charge in [0.05, 0.1) is 12.5 Å². The highest BCUT2D eigenvalue weighted by molar-refractivity contribution is 5.74. The molecule has 1 rings (SSSR count). The number of carbonyl (C=O) groups excluding carboxylic acids is 1. The van der Waals surface area contributed by atoms with Gasteiger partial charge in [0.25, 0.3) is 0 Å². The average Bonchev–Trinajstić information content (AvgIpc) is 2.69. The van der Waals surface area contributed by atoms with Crippen LogP contribution in [0.15, 0.2) is 0 Å². The molecule has 0 amide bonds. The molecule has 3 heteroatoms. The first-order valence-corrected chi connectivity index (χ1v) is 3.50. The van der Waals surface area contributed by atoms with E-state index in [1.165, 1.54) is 0 Å². The minimum atomic E-state index is -0.0583. The van der Waals surface area contributed by atoms with Gasteiger partial charge < -0.3 is 9.47 Å². The maximum Gasteiger partial charge on any atom is 0.309 e. The van der Waals surface area contributed by atoms with Crippen LogP contribution in [0.4, 0.5) is 0 Å². The molecule has 1 fully saturated rings. The molecule has 0 spiro atoms. The lowest BCUT2D eigenvalue weighted by atomic mass is 10.4. The van der Waals surface area contributed by atoms with Crippen molar-refractivity contribution in [3.05, 3.63) is 0 Å². The lowest BCUT2D eigenvalue weighted by molar-refractivity contribution is -0.146. The minimum absolute atomic E-state index is 0.0583. The zero-order valence-corrected chi connectivity index (χ0v) is 6.13. The quantitative estimate of drug-likeness (QED) is 0.428. The molecule has 0 N–H and O–H groups in total. The Balaban J connectivity index is 1.95. The van der Waals surface area contributed by atoms with Crippen molar-refractivity contribution in [2.45, 2.75) is 12.8 Å². The predicted octanol–water partition coefficient (Wildman–Crippen LogP) is 0.586. The highest BCUT2D eigenvalue weighted by Crippen LogP contribution is 2.29. The van der Waals surface area contributed by atoms with Crippen molar-refractivity contribution in [3.63, 3.8) is 0 Å². The number of ether oxygens (including phenoxy) is 2. The number of hydrogen-bond donors (Lipinski definition) is 0. The lowest BCUT2D eigenvalue weighted by Crippen LogP contribution is -2.10. The van der Waals surface area contributed by atoms with E-state index in [9.17, 15) is 4.79 Å². The fourth-order valence-electron chi connectivity index (χ4n) is 0.662. The van der Waals surface area contributed by atoms with Crippen molar-refractivity contribution in [2.75, 3.05) is 20.3 Å². The second kappa shape index (κ2) is 3.56. The number of methoxy groups -OCH3 is 1. The molecule has 0 aromatic carbocycles. The summed E-state index contributed by atoms with van der Waals surface area (Å²) in [5.41, 5.74) is 0. The van der Waals surface area contributed by atoms with Crippen LogP contribution in [-0.4, -0.2) is 26.3 Å². The molecular weight excluding hydrogens is 132 g/mol. The number of esters is 1. The molecule has 0 bridgehead atoms. The molecule has 0 radical (unpaired) electrons. The zero-order chi connectivity index (χ0) is 7.40.